The van der Waals surface area contributed by atoms with Crippen molar-refractivity contribution < 1.29 is 9.90 Å². The van der Waals surface area contributed by atoms with Crippen LogP contribution in [-0.4, -0.2) is 16.8 Å². The molecule has 15 heavy (non-hydrogen) atoms. The molecule has 3 heteroatoms. The van der Waals surface area contributed by atoms with Crippen molar-refractivity contribution >= 4 is 28.2 Å². The van der Waals surface area contributed by atoms with E-state index in [0.29, 0.717) is 0 Å². The van der Waals surface area contributed by atoms with E-state index in [1.807, 2.05) is 24.3 Å². The third-order valence-corrected chi connectivity index (χ3v) is 2.53. The van der Waals surface area contributed by atoms with Crippen molar-refractivity contribution in [3.63, 3.8) is 0 Å². The number of carbonyl (C=O) groups excluding carboxylic acids is 1. The Labute approximate surface area is 92.1 Å². The van der Waals surface area contributed by atoms with Gasteiger partial charge in [-0.25, -0.2) is 0 Å². The first-order valence-electron chi connectivity index (χ1n) is 4.53. The van der Waals surface area contributed by atoms with Gasteiger partial charge in [0.2, 0.25) is 0 Å². The topological polar surface area (TPSA) is 37.3 Å². The van der Waals surface area contributed by atoms with E-state index in [0.717, 1.165) is 10.8 Å². The minimum Gasteiger partial charge on any atom is -0.507 e. The van der Waals surface area contributed by atoms with Crippen molar-refractivity contribution in [2.45, 2.75) is 0 Å². The standard InChI is InChI=1S/C12H9ClO2/c13-7-12(15)10-5-8-3-1-2-4-9(8)6-11(10)14/h1-6,14H,7H2. The molecule has 76 valence electrons. The fraction of sp³-hybridized carbons (Fsp3) is 0.0833. The number of aromatic hydroxyl groups is 1. The minimum absolute atomic E-state index is 0.0145. The maximum Gasteiger partial charge on any atom is 0.181 e. The van der Waals surface area contributed by atoms with E-state index in [-0.39, 0.29) is 23.0 Å². The molecule has 0 saturated heterocycles. The molecule has 0 aliphatic heterocycles. The quantitative estimate of drug-likeness (QED) is 0.624. The lowest BCUT2D eigenvalue weighted by Crippen LogP contribution is -2.00. The highest BCUT2D eigenvalue weighted by Gasteiger charge is 2.10. The van der Waals surface area contributed by atoms with Gasteiger partial charge in [0.1, 0.15) is 5.75 Å². The second-order valence-corrected chi connectivity index (χ2v) is 3.54. The van der Waals surface area contributed by atoms with E-state index in [1.54, 1.807) is 12.1 Å². The van der Waals surface area contributed by atoms with Crippen LogP contribution in [0, 0.1) is 0 Å². The van der Waals surface area contributed by atoms with E-state index in [4.69, 9.17) is 11.6 Å². The number of alkyl halides is 1. The zero-order valence-electron chi connectivity index (χ0n) is 7.90. The molecule has 0 saturated carbocycles. The predicted molar refractivity (Wildman–Crippen MR) is 60.7 cm³/mol. The zero-order valence-corrected chi connectivity index (χ0v) is 8.66. The third kappa shape index (κ3) is 1.81. The fourth-order valence-electron chi connectivity index (χ4n) is 1.52. The van der Waals surface area contributed by atoms with Crippen LogP contribution in [0.4, 0.5) is 0 Å². The van der Waals surface area contributed by atoms with E-state index in [9.17, 15) is 9.90 Å². The number of rotatable bonds is 2. The first kappa shape index (κ1) is 9.99. The summed E-state index contributed by atoms with van der Waals surface area (Å²) in [7, 11) is 0. The van der Waals surface area contributed by atoms with Crippen LogP contribution in [0.15, 0.2) is 36.4 Å². The molecule has 0 radical (unpaired) electrons. The first-order chi connectivity index (χ1) is 7.22. The summed E-state index contributed by atoms with van der Waals surface area (Å²) < 4.78 is 0. The number of benzene rings is 2. The number of phenolic OH excluding ortho intramolecular Hbond substituents is 1. The summed E-state index contributed by atoms with van der Waals surface area (Å²) in [5.74, 6) is -0.398. The smallest absolute Gasteiger partial charge is 0.181 e. The number of carbonyl (C=O) groups is 1. The average molecular weight is 221 g/mol. The number of ketones is 1. The van der Waals surface area contributed by atoms with E-state index < -0.39 is 0 Å². The molecule has 0 unspecified atom stereocenters. The Kier molecular flexibility index (Phi) is 2.60. The van der Waals surface area contributed by atoms with Crippen LogP contribution in [0.1, 0.15) is 10.4 Å². The normalized spacial score (nSPS) is 10.5. The van der Waals surface area contributed by atoms with Gasteiger partial charge in [0.25, 0.3) is 0 Å². The lowest BCUT2D eigenvalue weighted by molar-refractivity contribution is 0.101. The van der Waals surface area contributed by atoms with Gasteiger partial charge in [0, 0.05) is 0 Å². The van der Waals surface area contributed by atoms with Gasteiger partial charge in [-0.2, -0.15) is 0 Å². The van der Waals surface area contributed by atoms with Gasteiger partial charge >= 0.3 is 0 Å². The Bertz CT molecular complexity index is 520. The molecule has 0 amide bonds. The van der Waals surface area contributed by atoms with E-state index in [1.165, 1.54) is 0 Å². The van der Waals surface area contributed by atoms with Crippen LogP contribution in [0.5, 0.6) is 5.75 Å². The Balaban J connectivity index is 2.67. The van der Waals surface area contributed by atoms with Crippen molar-refractivity contribution in [3.8, 4) is 5.75 Å². The molecule has 1 N–H and O–H groups in total. The van der Waals surface area contributed by atoms with Crippen LogP contribution < -0.4 is 0 Å². The monoisotopic (exact) mass is 220 g/mol. The van der Waals surface area contributed by atoms with Crippen LogP contribution in [0.25, 0.3) is 10.8 Å². The Hall–Kier alpha value is -1.54. The predicted octanol–water partition coefficient (Wildman–Crippen LogP) is 2.97. The summed E-state index contributed by atoms with van der Waals surface area (Å²) in [6.07, 6.45) is 0. The summed E-state index contributed by atoms with van der Waals surface area (Å²) in [4.78, 5) is 11.4. The fourth-order valence-corrected chi connectivity index (χ4v) is 1.67. The van der Waals surface area contributed by atoms with Gasteiger partial charge in [0.15, 0.2) is 5.78 Å². The van der Waals surface area contributed by atoms with E-state index in [2.05, 4.69) is 0 Å². The van der Waals surface area contributed by atoms with Crippen LogP contribution >= 0.6 is 11.6 Å². The van der Waals surface area contributed by atoms with Gasteiger partial charge in [0.05, 0.1) is 11.4 Å². The Morgan fingerprint density at radius 1 is 1.20 bits per heavy atom. The SMILES string of the molecule is O=C(CCl)c1cc2ccccc2cc1O. The van der Waals surface area contributed by atoms with Crippen LogP contribution in [-0.2, 0) is 0 Å². The molecular formula is C12H9ClO2. The summed E-state index contributed by atoms with van der Waals surface area (Å²) in [5.41, 5.74) is 0.281. The molecular weight excluding hydrogens is 212 g/mol. The number of hydrogen-bond donors (Lipinski definition) is 1. The highest BCUT2D eigenvalue weighted by molar-refractivity contribution is 6.31. The molecule has 0 atom stereocenters. The maximum absolute atomic E-state index is 11.4. The molecule has 2 nitrogen and oxygen atoms in total. The summed E-state index contributed by atoms with van der Waals surface area (Å²) in [5, 5.41) is 11.5. The molecule has 2 rings (SSSR count). The largest absolute Gasteiger partial charge is 0.507 e. The number of halogens is 1. The summed E-state index contributed by atoms with van der Waals surface area (Å²) >= 11 is 5.45. The second kappa shape index (κ2) is 3.91. The molecule has 0 aromatic heterocycles. The summed E-state index contributed by atoms with van der Waals surface area (Å²) in [6.45, 7) is 0. The highest BCUT2D eigenvalue weighted by atomic mass is 35.5. The summed E-state index contributed by atoms with van der Waals surface area (Å²) in [6, 6.07) is 10.8. The van der Waals surface area contributed by atoms with Gasteiger partial charge in [-0.05, 0) is 22.9 Å². The van der Waals surface area contributed by atoms with Gasteiger partial charge in [-0.1, -0.05) is 24.3 Å². The van der Waals surface area contributed by atoms with Crippen LogP contribution in [0.3, 0.4) is 0 Å². The van der Waals surface area contributed by atoms with Crippen molar-refractivity contribution in [1.29, 1.82) is 0 Å². The molecule has 2 aromatic rings. The molecule has 0 heterocycles. The molecule has 0 fully saturated rings. The van der Waals surface area contributed by atoms with Crippen molar-refractivity contribution in [2.75, 3.05) is 5.88 Å². The minimum atomic E-state index is -0.264. The van der Waals surface area contributed by atoms with Gasteiger partial charge in [-0.3, -0.25) is 4.79 Å². The lowest BCUT2D eigenvalue weighted by Gasteiger charge is -2.04. The molecule has 2 aromatic carbocycles. The van der Waals surface area contributed by atoms with Gasteiger partial charge in [-0.15, -0.1) is 11.6 Å². The van der Waals surface area contributed by atoms with Crippen molar-refractivity contribution in [1.82, 2.24) is 0 Å². The number of Topliss-reactive ketones (excluding diaryl/α,β-unsaturated/α-hetero) is 1. The van der Waals surface area contributed by atoms with Crippen LogP contribution in [0.2, 0.25) is 0 Å². The third-order valence-electron chi connectivity index (χ3n) is 2.29. The maximum atomic E-state index is 11.4. The number of hydrogen-bond acceptors (Lipinski definition) is 2. The molecule has 0 spiro atoms. The molecule has 0 aliphatic carbocycles. The molecule has 0 aliphatic rings. The lowest BCUT2D eigenvalue weighted by atomic mass is 10.0. The molecule has 0 bridgehead atoms. The second-order valence-electron chi connectivity index (χ2n) is 3.27. The number of phenols is 1. The Morgan fingerprint density at radius 3 is 2.40 bits per heavy atom. The van der Waals surface area contributed by atoms with E-state index >= 15 is 0 Å². The van der Waals surface area contributed by atoms with Crippen molar-refractivity contribution in [2.24, 2.45) is 0 Å². The number of fused-ring (bicyclic) bond motifs is 1. The van der Waals surface area contributed by atoms with Crippen molar-refractivity contribution in [3.05, 3.63) is 42.0 Å². The first-order valence-corrected chi connectivity index (χ1v) is 5.07. The average Bonchev–Trinajstić information content (AvgIpc) is 2.27. The van der Waals surface area contributed by atoms with Gasteiger partial charge < -0.3 is 5.11 Å². The Morgan fingerprint density at radius 2 is 1.80 bits per heavy atom. The zero-order chi connectivity index (χ0) is 10.8. The highest BCUT2D eigenvalue weighted by Crippen LogP contribution is 2.25.